The molecule has 0 saturated heterocycles. The summed E-state index contributed by atoms with van der Waals surface area (Å²) in [6.45, 7) is 18.4. The zero-order valence-electron chi connectivity index (χ0n) is 20.6. The van der Waals surface area contributed by atoms with Crippen molar-refractivity contribution in [2.75, 3.05) is 0 Å². The fourth-order valence-electron chi connectivity index (χ4n) is 6.18. The van der Waals surface area contributed by atoms with E-state index in [1.807, 2.05) is 13.8 Å². The van der Waals surface area contributed by atoms with Crippen LogP contribution in [0.5, 0.6) is 0 Å². The Bertz CT molecular complexity index is 577. The lowest BCUT2D eigenvalue weighted by Gasteiger charge is -2.50. The number of fused-ring (bicyclic) bond motifs is 1. The molecule has 1 N–H and O–H groups in total. The van der Waals surface area contributed by atoms with Gasteiger partial charge in [0, 0.05) is 12.5 Å². The van der Waals surface area contributed by atoms with Gasteiger partial charge in [0.15, 0.2) is 8.32 Å². The van der Waals surface area contributed by atoms with E-state index < -0.39 is 13.9 Å². The Balaban J connectivity index is 2.21. The van der Waals surface area contributed by atoms with Gasteiger partial charge in [-0.25, -0.2) is 0 Å². The van der Waals surface area contributed by atoms with Crippen LogP contribution in [0.1, 0.15) is 99.3 Å². The third-order valence-corrected chi connectivity index (χ3v) is 13.1. The van der Waals surface area contributed by atoms with Crippen LogP contribution in [-0.4, -0.2) is 25.1 Å². The zero-order chi connectivity index (χ0) is 22.1. The van der Waals surface area contributed by atoms with Crippen molar-refractivity contribution in [3.05, 3.63) is 0 Å². The van der Waals surface area contributed by atoms with Crippen molar-refractivity contribution in [1.82, 2.24) is 0 Å². The van der Waals surface area contributed by atoms with Crippen molar-refractivity contribution in [2.45, 2.75) is 129 Å². The Labute approximate surface area is 182 Å². The van der Waals surface area contributed by atoms with E-state index in [9.17, 15) is 5.11 Å². The minimum atomic E-state index is -1.76. The second-order valence-corrected chi connectivity index (χ2v) is 17.2. The molecule has 5 atom stereocenters. The summed E-state index contributed by atoms with van der Waals surface area (Å²) in [5.41, 5.74) is -0.266. The molecule has 0 aromatic rings. The number of aliphatic hydroxyl groups is 1. The maximum Gasteiger partial charge on any atom is 0.192 e. The molecule has 2 aliphatic carbocycles. The Hall–Kier alpha value is -0.303. The summed E-state index contributed by atoms with van der Waals surface area (Å²) in [6.07, 6.45) is 16.3. The molecule has 0 amide bonds. The summed E-state index contributed by atoms with van der Waals surface area (Å²) >= 11 is 0. The topological polar surface area (TPSA) is 29.5 Å². The summed E-state index contributed by atoms with van der Waals surface area (Å²) in [5, 5.41) is 10.9. The van der Waals surface area contributed by atoms with E-state index in [1.54, 1.807) is 0 Å². The maximum absolute atomic E-state index is 10.6. The molecule has 0 bridgehead atoms. The number of hydrogen-bond donors (Lipinski definition) is 1. The van der Waals surface area contributed by atoms with E-state index in [1.165, 1.54) is 32.1 Å². The van der Waals surface area contributed by atoms with Gasteiger partial charge in [-0.2, -0.15) is 0 Å². The van der Waals surface area contributed by atoms with Gasteiger partial charge in [0.1, 0.15) is 0 Å². The van der Waals surface area contributed by atoms with Crippen LogP contribution < -0.4 is 0 Å². The molecule has 0 aromatic heterocycles. The van der Waals surface area contributed by atoms with Crippen LogP contribution in [0.4, 0.5) is 0 Å². The molecule has 2 saturated carbocycles. The first-order chi connectivity index (χ1) is 13.2. The predicted molar refractivity (Wildman–Crippen MR) is 127 cm³/mol. The smallest absolute Gasteiger partial charge is 0.192 e. The van der Waals surface area contributed by atoms with Gasteiger partial charge in [-0.1, -0.05) is 34.1 Å². The monoisotopic (exact) mass is 420 g/mol. The van der Waals surface area contributed by atoms with Crippen LogP contribution in [0.2, 0.25) is 18.1 Å². The first-order valence-corrected chi connectivity index (χ1v) is 15.0. The van der Waals surface area contributed by atoms with E-state index in [0.717, 1.165) is 25.7 Å². The number of rotatable bonds is 8. The molecule has 2 nitrogen and oxygen atoms in total. The summed E-state index contributed by atoms with van der Waals surface area (Å²) < 4.78 is 7.01. The SMILES string of the molecule is C#CCCC[C@@H](CC(C)(C)O)[C@H]1CC[C@H]2C(O[Si](C)(C)C(C)(C)C)CCC[C@]12C. The largest absolute Gasteiger partial charge is 0.414 e. The third-order valence-electron chi connectivity index (χ3n) is 8.61. The van der Waals surface area contributed by atoms with Crippen molar-refractivity contribution in [2.24, 2.45) is 23.2 Å². The van der Waals surface area contributed by atoms with Crippen molar-refractivity contribution < 1.29 is 9.53 Å². The highest BCUT2D eigenvalue weighted by molar-refractivity contribution is 6.74. The second kappa shape index (κ2) is 9.05. The maximum atomic E-state index is 10.6. The van der Waals surface area contributed by atoms with Gasteiger partial charge in [0.05, 0.1) is 5.60 Å². The third kappa shape index (κ3) is 5.90. The predicted octanol–water partition coefficient (Wildman–Crippen LogP) is 7.17. The molecular formula is C26H48O2Si. The van der Waals surface area contributed by atoms with E-state index in [4.69, 9.17) is 10.8 Å². The minimum absolute atomic E-state index is 0.261. The van der Waals surface area contributed by atoms with Gasteiger partial charge < -0.3 is 9.53 Å². The summed E-state index contributed by atoms with van der Waals surface area (Å²) in [6, 6.07) is 0. The second-order valence-electron chi connectivity index (χ2n) is 12.5. The highest BCUT2D eigenvalue weighted by Crippen LogP contribution is 2.60. The average Bonchev–Trinajstić information content (AvgIpc) is 2.89. The van der Waals surface area contributed by atoms with Crippen LogP contribution in [0.3, 0.4) is 0 Å². The van der Waals surface area contributed by atoms with Crippen molar-refractivity contribution in [3.63, 3.8) is 0 Å². The molecule has 0 radical (unpaired) electrons. The van der Waals surface area contributed by atoms with Gasteiger partial charge in [-0.05, 0) is 100 Å². The lowest BCUT2D eigenvalue weighted by Crippen LogP contribution is -2.50. The van der Waals surface area contributed by atoms with Crippen LogP contribution >= 0.6 is 0 Å². The van der Waals surface area contributed by atoms with Gasteiger partial charge in [-0.15, -0.1) is 12.3 Å². The molecule has 0 heterocycles. The first kappa shape index (κ1) is 25.0. The van der Waals surface area contributed by atoms with E-state index in [0.29, 0.717) is 29.3 Å². The molecule has 1 unspecified atom stereocenters. The fourth-order valence-corrected chi connectivity index (χ4v) is 7.58. The van der Waals surface area contributed by atoms with E-state index in [2.05, 4.69) is 46.7 Å². The Kier molecular flexibility index (Phi) is 7.79. The van der Waals surface area contributed by atoms with Crippen molar-refractivity contribution >= 4 is 8.32 Å². The lowest BCUT2D eigenvalue weighted by atomic mass is 9.60. The summed E-state index contributed by atoms with van der Waals surface area (Å²) in [4.78, 5) is 0. The lowest BCUT2D eigenvalue weighted by molar-refractivity contribution is -0.0371. The molecule has 0 aliphatic heterocycles. The standard InChI is InChI=1S/C26H48O2Si/c1-10-11-12-14-20(19-25(5,6)27)21-16-17-22-23(15-13-18-26(21,22)7)28-29(8,9)24(2,3)4/h1,20-23,27H,11-19H2,2-9H3/t20-,21+,22-,23?,26+/m0/s1. The number of hydrogen-bond acceptors (Lipinski definition) is 2. The molecule has 29 heavy (non-hydrogen) atoms. The Morgan fingerprint density at radius 1 is 1.17 bits per heavy atom. The van der Waals surface area contributed by atoms with Crippen LogP contribution in [0.25, 0.3) is 0 Å². The van der Waals surface area contributed by atoms with Gasteiger partial charge in [-0.3, -0.25) is 0 Å². The van der Waals surface area contributed by atoms with Gasteiger partial charge >= 0.3 is 0 Å². The van der Waals surface area contributed by atoms with Gasteiger partial charge in [0.2, 0.25) is 0 Å². The van der Waals surface area contributed by atoms with Crippen LogP contribution in [0.15, 0.2) is 0 Å². The highest BCUT2D eigenvalue weighted by atomic mass is 28.4. The molecular weight excluding hydrogens is 372 g/mol. The number of terminal acetylenes is 1. The molecule has 3 heteroatoms. The molecule has 0 spiro atoms. The van der Waals surface area contributed by atoms with E-state index in [-0.39, 0.29) is 5.04 Å². The Morgan fingerprint density at radius 3 is 2.38 bits per heavy atom. The van der Waals surface area contributed by atoms with Crippen molar-refractivity contribution in [3.8, 4) is 12.3 Å². The quantitative estimate of drug-likeness (QED) is 0.256. The molecule has 2 fully saturated rings. The minimum Gasteiger partial charge on any atom is -0.414 e. The first-order valence-electron chi connectivity index (χ1n) is 12.0. The summed E-state index contributed by atoms with van der Waals surface area (Å²) in [7, 11) is -1.76. The number of unbranched alkanes of at least 4 members (excludes halogenated alkanes) is 1. The zero-order valence-corrected chi connectivity index (χ0v) is 21.6. The van der Waals surface area contributed by atoms with Crippen LogP contribution in [0, 0.1) is 35.5 Å². The fraction of sp³-hybridized carbons (Fsp3) is 0.923. The summed E-state index contributed by atoms with van der Waals surface area (Å²) in [5.74, 6) is 4.73. The molecule has 0 aromatic carbocycles. The van der Waals surface area contributed by atoms with Crippen LogP contribution in [-0.2, 0) is 4.43 Å². The Morgan fingerprint density at radius 2 is 1.83 bits per heavy atom. The molecule has 2 rings (SSSR count). The average molecular weight is 421 g/mol. The van der Waals surface area contributed by atoms with Gasteiger partial charge in [0.25, 0.3) is 0 Å². The normalized spacial score (nSPS) is 31.9. The molecule has 2 aliphatic rings. The van der Waals surface area contributed by atoms with Crippen molar-refractivity contribution in [1.29, 1.82) is 0 Å². The molecule has 168 valence electrons. The highest BCUT2D eigenvalue weighted by Gasteiger charge is 2.55. The van der Waals surface area contributed by atoms with E-state index >= 15 is 0 Å².